The molecule has 3 aromatic carbocycles. The number of carbonyl (C=O) groups is 2. The van der Waals surface area contributed by atoms with E-state index in [9.17, 15) is 14.7 Å². The molecule has 0 spiro atoms. The Bertz CT molecular complexity index is 1470. The molecule has 1 saturated heterocycles. The first-order valence-corrected chi connectivity index (χ1v) is 14.0. The number of para-hydroxylation sites is 2. The number of amides is 1. The van der Waals surface area contributed by atoms with Crippen LogP contribution >= 0.6 is 0 Å². The van der Waals surface area contributed by atoms with Gasteiger partial charge in [-0.3, -0.25) is 9.59 Å². The Morgan fingerprint density at radius 1 is 0.927 bits per heavy atom. The van der Waals surface area contributed by atoms with E-state index < -0.39 is 12.3 Å². The summed E-state index contributed by atoms with van der Waals surface area (Å²) in [7, 11) is 0. The van der Waals surface area contributed by atoms with Crippen LogP contribution in [0.15, 0.2) is 79.1 Å². The third-order valence-electron chi connectivity index (χ3n) is 7.28. The highest BCUT2D eigenvalue weighted by Crippen LogP contribution is 2.39. The number of imidazole rings is 1. The molecule has 3 unspecified atom stereocenters. The standard InChI is InChI=1S/C32H35N3O6/c36-20-22-13-15-23(16-14-22)29-18-26(19-35-21-33-27-9-4-5-10-28(27)35)40-32(41-29)24-7-6-8-25(17-24)34-30(37)11-2-1-3-12-31(38)39/h4-10,13-17,21,26,29,32,36H,1-3,11-12,18-20H2,(H,34,37)(H,38,39). The predicted octanol–water partition coefficient (Wildman–Crippen LogP) is 5.75. The maximum absolute atomic E-state index is 12.5. The molecule has 3 N–H and O–H groups in total. The number of rotatable bonds is 12. The number of hydrogen-bond acceptors (Lipinski definition) is 6. The predicted molar refractivity (Wildman–Crippen MR) is 154 cm³/mol. The SMILES string of the molecule is O=C(O)CCCCCC(=O)Nc1cccc(C2OC(Cn3cnc4ccccc43)CC(c3ccc(CO)cc3)O2)c1. The lowest BCUT2D eigenvalue weighted by Gasteiger charge is -2.36. The highest BCUT2D eigenvalue weighted by molar-refractivity contribution is 5.90. The van der Waals surface area contributed by atoms with E-state index in [-0.39, 0.29) is 31.1 Å². The number of benzene rings is 3. The monoisotopic (exact) mass is 557 g/mol. The van der Waals surface area contributed by atoms with Crippen molar-refractivity contribution in [3.05, 3.63) is 95.8 Å². The molecule has 9 nitrogen and oxygen atoms in total. The fourth-order valence-corrected chi connectivity index (χ4v) is 5.13. The number of carboxylic acid groups (broad SMARTS) is 1. The lowest BCUT2D eigenvalue weighted by molar-refractivity contribution is -0.252. The maximum atomic E-state index is 12.5. The van der Waals surface area contributed by atoms with Gasteiger partial charge in [-0.25, -0.2) is 4.98 Å². The summed E-state index contributed by atoms with van der Waals surface area (Å²) < 4.78 is 15.1. The Balaban J connectivity index is 1.30. The second-order valence-corrected chi connectivity index (χ2v) is 10.4. The smallest absolute Gasteiger partial charge is 0.303 e. The first kappa shape index (κ1) is 28.5. The first-order valence-electron chi connectivity index (χ1n) is 14.0. The number of aromatic nitrogens is 2. The summed E-state index contributed by atoms with van der Waals surface area (Å²) in [6.07, 6.45) is 3.76. The van der Waals surface area contributed by atoms with Gasteiger partial charge in [0.2, 0.25) is 5.91 Å². The molecule has 1 amide bonds. The van der Waals surface area contributed by atoms with Crippen LogP contribution in [0.2, 0.25) is 0 Å². The Morgan fingerprint density at radius 3 is 2.54 bits per heavy atom. The van der Waals surface area contributed by atoms with Gasteiger partial charge in [0.15, 0.2) is 6.29 Å². The number of nitrogens with one attached hydrogen (secondary N) is 1. The van der Waals surface area contributed by atoms with Crippen molar-refractivity contribution in [2.75, 3.05) is 5.32 Å². The van der Waals surface area contributed by atoms with Crippen molar-refractivity contribution in [1.29, 1.82) is 0 Å². The van der Waals surface area contributed by atoms with E-state index in [2.05, 4.69) is 14.9 Å². The van der Waals surface area contributed by atoms with Crippen molar-refractivity contribution in [3.63, 3.8) is 0 Å². The van der Waals surface area contributed by atoms with Crippen molar-refractivity contribution < 1.29 is 29.3 Å². The molecule has 0 saturated carbocycles. The lowest BCUT2D eigenvalue weighted by Crippen LogP contribution is -2.32. The van der Waals surface area contributed by atoms with Crippen molar-refractivity contribution in [2.45, 2.75) is 70.2 Å². The molecule has 1 fully saturated rings. The van der Waals surface area contributed by atoms with Gasteiger partial charge in [0.25, 0.3) is 0 Å². The molecule has 1 aromatic heterocycles. The number of ether oxygens (including phenoxy) is 2. The van der Waals surface area contributed by atoms with Gasteiger partial charge in [-0.1, -0.05) is 55.0 Å². The summed E-state index contributed by atoms with van der Waals surface area (Å²) in [6.45, 7) is 0.582. The summed E-state index contributed by atoms with van der Waals surface area (Å²) in [5, 5.41) is 21.2. The molecule has 2 heterocycles. The number of aliphatic hydroxyl groups is 1. The number of fused-ring (bicyclic) bond motifs is 1. The quantitative estimate of drug-likeness (QED) is 0.190. The van der Waals surface area contributed by atoms with E-state index in [1.165, 1.54) is 0 Å². The van der Waals surface area contributed by atoms with Crippen LogP contribution in [0.5, 0.6) is 0 Å². The fourth-order valence-electron chi connectivity index (χ4n) is 5.13. The van der Waals surface area contributed by atoms with E-state index in [0.717, 1.165) is 27.7 Å². The molecule has 9 heteroatoms. The number of unbranched alkanes of at least 4 members (excludes halogenated alkanes) is 2. The minimum Gasteiger partial charge on any atom is -0.481 e. The van der Waals surface area contributed by atoms with Gasteiger partial charge in [-0.2, -0.15) is 0 Å². The molecular weight excluding hydrogens is 522 g/mol. The number of carbonyl (C=O) groups excluding carboxylic acids is 1. The molecule has 5 rings (SSSR count). The summed E-state index contributed by atoms with van der Waals surface area (Å²) in [4.78, 5) is 27.7. The normalized spacial score (nSPS) is 18.8. The van der Waals surface area contributed by atoms with Gasteiger partial charge in [-0.05, 0) is 48.2 Å². The highest BCUT2D eigenvalue weighted by Gasteiger charge is 2.32. The van der Waals surface area contributed by atoms with Gasteiger partial charge < -0.3 is 29.6 Å². The highest BCUT2D eigenvalue weighted by atomic mass is 16.7. The topological polar surface area (TPSA) is 123 Å². The Kier molecular flexibility index (Phi) is 9.40. The van der Waals surface area contributed by atoms with Crippen molar-refractivity contribution in [2.24, 2.45) is 0 Å². The van der Waals surface area contributed by atoms with Crippen LogP contribution in [-0.4, -0.2) is 37.7 Å². The summed E-state index contributed by atoms with van der Waals surface area (Å²) in [5.74, 6) is -0.932. The lowest BCUT2D eigenvalue weighted by atomic mass is 10.00. The average molecular weight is 558 g/mol. The van der Waals surface area contributed by atoms with Crippen molar-refractivity contribution in [3.8, 4) is 0 Å². The maximum Gasteiger partial charge on any atom is 0.303 e. The summed E-state index contributed by atoms with van der Waals surface area (Å²) >= 11 is 0. The van der Waals surface area contributed by atoms with Crippen LogP contribution < -0.4 is 5.32 Å². The second kappa shape index (κ2) is 13.5. The van der Waals surface area contributed by atoms with E-state index in [1.54, 1.807) is 0 Å². The molecule has 3 atom stereocenters. The Labute approximate surface area is 238 Å². The van der Waals surface area contributed by atoms with Crippen LogP contribution in [0.4, 0.5) is 5.69 Å². The molecule has 0 radical (unpaired) electrons. The average Bonchev–Trinajstić information content (AvgIpc) is 3.39. The minimum atomic E-state index is -0.816. The number of aliphatic hydroxyl groups excluding tert-OH is 1. The largest absolute Gasteiger partial charge is 0.481 e. The Morgan fingerprint density at radius 2 is 1.73 bits per heavy atom. The van der Waals surface area contributed by atoms with E-state index in [1.807, 2.05) is 79.1 Å². The number of hydrogen-bond donors (Lipinski definition) is 3. The van der Waals surface area contributed by atoms with E-state index in [0.29, 0.717) is 44.3 Å². The third-order valence-corrected chi connectivity index (χ3v) is 7.28. The number of aliphatic carboxylic acids is 1. The van der Waals surface area contributed by atoms with Gasteiger partial charge in [-0.15, -0.1) is 0 Å². The van der Waals surface area contributed by atoms with E-state index >= 15 is 0 Å². The van der Waals surface area contributed by atoms with Crippen molar-refractivity contribution in [1.82, 2.24) is 9.55 Å². The van der Waals surface area contributed by atoms with Crippen LogP contribution in [0.3, 0.4) is 0 Å². The number of carboxylic acids is 1. The van der Waals surface area contributed by atoms with E-state index in [4.69, 9.17) is 14.6 Å². The number of nitrogens with zero attached hydrogens (tertiary/aromatic N) is 2. The molecule has 1 aliphatic rings. The zero-order valence-corrected chi connectivity index (χ0v) is 22.8. The fraction of sp³-hybridized carbons (Fsp3) is 0.344. The van der Waals surface area contributed by atoms with Gasteiger partial charge >= 0.3 is 5.97 Å². The molecule has 41 heavy (non-hydrogen) atoms. The summed E-state index contributed by atoms with van der Waals surface area (Å²) in [6, 6.07) is 23.2. The van der Waals surface area contributed by atoms with Crippen molar-refractivity contribution >= 4 is 28.6 Å². The van der Waals surface area contributed by atoms with Crippen LogP contribution in [-0.2, 0) is 32.2 Å². The number of anilines is 1. The van der Waals surface area contributed by atoms with Gasteiger partial charge in [0.05, 0.1) is 42.7 Å². The third kappa shape index (κ3) is 7.58. The molecule has 4 aromatic rings. The molecule has 0 aliphatic carbocycles. The first-order chi connectivity index (χ1) is 20.0. The summed E-state index contributed by atoms with van der Waals surface area (Å²) in [5.41, 5.74) is 5.25. The van der Waals surface area contributed by atoms with Crippen LogP contribution in [0.1, 0.15) is 67.6 Å². The molecule has 1 aliphatic heterocycles. The Hall–Kier alpha value is -4.05. The van der Waals surface area contributed by atoms with Crippen LogP contribution in [0.25, 0.3) is 11.0 Å². The van der Waals surface area contributed by atoms with Crippen LogP contribution in [0, 0.1) is 0 Å². The molecular formula is C32H35N3O6. The molecule has 214 valence electrons. The zero-order valence-electron chi connectivity index (χ0n) is 22.8. The zero-order chi connectivity index (χ0) is 28.6. The molecule has 0 bridgehead atoms. The second-order valence-electron chi connectivity index (χ2n) is 10.4. The minimum absolute atomic E-state index is 0.0191. The van der Waals surface area contributed by atoms with Gasteiger partial charge in [0, 0.05) is 30.5 Å². The van der Waals surface area contributed by atoms with Gasteiger partial charge in [0.1, 0.15) is 0 Å².